The molecule has 0 unspecified atom stereocenters. The molecule has 2 aromatic carbocycles. The van der Waals surface area contributed by atoms with Crippen LogP contribution in [0.3, 0.4) is 0 Å². The van der Waals surface area contributed by atoms with Crippen molar-refractivity contribution in [2.45, 2.75) is 18.7 Å². The molecule has 0 fully saturated rings. The highest BCUT2D eigenvalue weighted by atomic mass is 32.2. The fourth-order valence-electron chi connectivity index (χ4n) is 1.86. The summed E-state index contributed by atoms with van der Waals surface area (Å²) in [7, 11) is -3.75. The fourth-order valence-corrected chi connectivity index (χ4v) is 2.38. The molecular formula is C15H16N2O3S. The molecule has 110 valence electrons. The van der Waals surface area contributed by atoms with Gasteiger partial charge < -0.3 is 5.32 Å². The number of nitrogens with two attached hydrogens (primary N) is 1. The molecule has 6 heteroatoms. The van der Waals surface area contributed by atoms with Gasteiger partial charge in [-0.25, -0.2) is 13.6 Å². The Balaban J connectivity index is 2.23. The maximum atomic E-state index is 12.1. The number of carbonyl (C=O) groups excluding carboxylic acids is 1. The van der Waals surface area contributed by atoms with Gasteiger partial charge in [0.2, 0.25) is 10.0 Å². The minimum Gasteiger partial charge on any atom is -0.322 e. The average Bonchev–Trinajstić information content (AvgIpc) is 2.42. The number of sulfonamides is 1. The molecular weight excluding hydrogens is 288 g/mol. The topological polar surface area (TPSA) is 89.3 Å². The molecule has 21 heavy (non-hydrogen) atoms. The standard InChI is InChI=1S/C15H16N2O3S/c1-10-3-4-11(2)14(9-10)17-15(18)12-5-7-13(8-6-12)21(16,19)20/h3-9H,1-2H3,(H,17,18)(H2,16,19,20). The molecule has 3 N–H and O–H groups in total. The molecule has 0 heterocycles. The largest absolute Gasteiger partial charge is 0.322 e. The van der Waals surface area contributed by atoms with Crippen molar-refractivity contribution in [3.8, 4) is 0 Å². The Labute approximate surface area is 123 Å². The molecule has 0 aliphatic rings. The van der Waals surface area contributed by atoms with Crippen LogP contribution >= 0.6 is 0 Å². The number of amides is 1. The molecule has 0 radical (unpaired) electrons. The summed E-state index contributed by atoms with van der Waals surface area (Å²) in [6, 6.07) is 11.3. The summed E-state index contributed by atoms with van der Waals surface area (Å²) in [5, 5.41) is 7.82. The molecule has 0 bridgehead atoms. The van der Waals surface area contributed by atoms with E-state index in [-0.39, 0.29) is 10.8 Å². The van der Waals surface area contributed by atoms with Crippen molar-refractivity contribution in [3.05, 3.63) is 59.2 Å². The predicted molar refractivity (Wildman–Crippen MR) is 81.7 cm³/mol. The second kappa shape index (κ2) is 5.67. The Morgan fingerprint density at radius 1 is 1.05 bits per heavy atom. The summed E-state index contributed by atoms with van der Waals surface area (Å²) >= 11 is 0. The number of rotatable bonds is 3. The Morgan fingerprint density at radius 2 is 1.67 bits per heavy atom. The lowest BCUT2D eigenvalue weighted by atomic mass is 10.1. The third-order valence-electron chi connectivity index (χ3n) is 3.09. The zero-order valence-corrected chi connectivity index (χ0v) is 12.6. The number of nitrogens with one attached hydrogen (secondary N) is 1. The van der Waals surface area contributed by atoms with Crippen LogP contribution in [0.1, 0.15) is 21.5 Å². The van der Waals surface area contributed by atoms with Crippen molar-refractivity contribution in [2.24, 2.45) is 5.14 Å². The number of aryl methyl sites for hydroxylation is 2. The van der Waals surface area contributed by atoms with E-state index in [2.05, 4.69) is 5.32 Å². The van der Waals surface area contributed by atoms with Crippen LogP contribution in [0.5, 0.6) is 0 Å². The van der Waals surface area contributed by atoms with Crippen molar-refractivity contribution in [1.29, 1.82) is 0 Å². The number of benzene rings is 2. The smallest absolute Gasteiger partial charge is 0.255 e. The normalized spacial score (nSPS) is 11.2. The third kappa shape index (κ3) is 3.68. The highest BCUT2D eigenvalue weighted by molar-refractivity contribution is 7.89. The van der Waals surface area contributed by atoms with Gasteiger partial charge in [0, 0.05) is 11.3 Å². The Bertz CT molecular complexity index is 781. The molecule has 0 saturated heterocycles. The lowest BCUT2D eigenvalue weighted by Gasteiger charge is -2.09. The van der Waals surface area contributed by atoms with Gasteiger partial charge in [0.15, 0.2) is 0 Å². The molecule has 0 aliphatic carbocycles. The SMILES string of the molecule is Cc1ccc(C)c(NC(=O)c2ccc(S(N)(=O)=O)cc2)c1. The Kier molecular flexibility index (Phi) is 4.11. The quantitative estimate of drug-likeness (QED) is 0.911. The van der Waals surface area contributed by atoms with Crippen molar-refractivity contribution >= 4 is 21.6 Å². The summed E-state index contributed by atoms with van der Waals surface area (Å²) < 4.78 is 22.3. The van der Waals surface area contributed by atoms with E-state index in [9.17, 15) is 13.2 Å². The highest BCUT2D eigenvalue weighted by Gasteiger charge is 2.11. The van der Waals surface area contributed by atoms with Crippen molar-refractivity contribution in [1.82, 2.24) is 0 Å². The molecule has 5 nitrogen and oxygen atoms in total. The van der Waals surface area contributed by atoms with Crippen LogP contribution in [0.15, 0.2) is 47.4 Å². The lowest BCUT2D eigenvalue weighted by molar-refractivity contribution is 0.102. The second-order valence-corrected chi connectivity index (χ2v) is 6.40. The van der Waals surface area contributed by atoms with E-state index in [1.807, 2.05) is 32.0 Å². The van der Waals surface area contributed by atoms with E-state index in [1.165, 1.54) is 24.3 Å². The number of hydrogen-bond acceptors (Lipinski definition) is 3. The summed E-state index contributed by atoms with van der Waals surface area (Å²) in [6.45, 7) is 3.84. The van der Waals surface area contributed by atoms with Crippen molar-refractivity contribution < 1.29 is 13.2 Å². The minimum absolute atomic E-state index is 0.0224. The van der Waals surface area contributed by atoms with Gasteiger partial charge in [0.1, 0.15) is 0 Å². The van der Waals surface area contributed by atoms with E-state index in [1.54, 1.807) is 0 Å². The average molecular weight is 304 g/mol. The minimum atomic E-state index is -3.75. The molecule has 2 rings (SSSR count). The first-order valence-corrected chi connectivity index (χ1v) is 7.83. The Morgan fingerprint density at radius 3 is 2.24 bits per heavy atom. The van der Waals surface area contributed by atoms with Gasteiger partial charge in [-0.05, 0) is 55.3 Å². The van der Waals surface area contributed by atoms with Crippen LogP contribution in [-0.4, -0.2) is 14.3 Å². The van der Waals surface area contributed by atoms with Gasteiger partial charge in [0.25, 0.3) is 5.91 Å². The lowest BCUT2D eigenvalue weighted by Crippen LogP contribution is -2.15. The van der Waals surface area contributed by atoms with Gasteiger partial charge in [-0.2, -0.15) is 0 Å². The van der Waals surface area contributed by atoms with Crippen LogP contribution in [0.25, 0.3) is 0 Å². The van der Waals surface area contributed by atoms with Crippen LogP contribution < -0.4 is 10.5 Å². The number of anilines is 1. The summed E-state index contributed by atoms with van der Waals surface area (Å²) in [5.41, 5.74) is 3.09. The van der Waals surface area contributed by atoms with Crippen LogP contribution in [0.4, 0.5) is 5.69 Å². The zero-order chi connectivity index (χ0) is 15.6. The van der Waals surface area contributed by atoms with E-state index >= 15 is 0 Å². The molecule has 0 aliphatic heterocycles. The van der Waals surface area contributed by atoms with Gasteiger partial charge in [-0.3, -0.25) is 4.79 Å². The van der Waals surface area contributed by atoms with Crippen LogP contribution in [0.2, 0.25) is 0 Å². The van der Waals surface area contributed by atoms with E-state index in [0.29, 0.717) is 5.56 Å². The molecule has 0 atom stereocenters. The summed E-state index contributed by atoms with van der Waals surface area (Å²) in [4.78, 5) is 12.1. The molecule has 0 saturated carbocycles. The zero-order valence-electron chi connectivity index (χ0n) is 11.8. The molecule has 0 spiro atoms. The van der Waals surface area contributed by atoms with Gasteiger partial charge >= 0.3 is 0 Å². The summed E-state index contributed by atoms with van der Waals surface area (Å²) in [5.74, 6) is -0.301. The molecule has 1 amide bonds. The molecule has 0 aromatic heterocycles. The third-order valence-corrected chi connectivity index (χ3v) is 4.02. The predicted octanol–water partition coefficient (Wildman–Crippen LogP) is 2.20. The second-order valence-electron chi connectivity index (χ2n) is 4.84. The van der Waals surface area contributed by atoms with E-state index in [0.717, 1.165) is 16.8 Å². The van der Waals surface area contributed by atoms with E-state index < -0.39 is 10.0 Å². The maximum absolute atomic E-state index is 12.1. The number of carbonyl (C=O) groups is 1. The first kappa shape index (κ1) is 15.2. The Hall–Kier alpha value is -2.18. The van der Waals surface area contributed by atoms with Crippen LogP contribution in [0, 0.1) is 13.8 Å². The van der Waals surface area contributed by atoms with Crippen molar-refractivity contribution in [3.63, 3.8) is 0 Å². The molecule has 2 aromatic rings. The first-order chi connectivity index (χ1) is 9.77. The van der Waals surface area contributed by atoms with Crippen LogP contribution in [-0.2, 0) is 10.0 Å². The summed E-state index contributed by atoms with van der Waals surface area (Å²) in [6.07, 6.45) is 0. The highest BCUT2D eigenvalue weighted by Crippen LogP contribution is 2.18. The van der Waals surface area contributed by atoms with Gasteiger partial charge in [0.05, 0.1) is 4.90 Å². The van der Waals surface area contributed by atoms with Gasteiger partial charge in [-0.1, -0.05) is 12.1 Å². The number of primary sulfonamides is 1. The monoisotopic (exact) mass is 304 g/mol. The first-order valence-electron chi connectivity index (χ1n) is 6.29. The maximum Gasteiger partial charge on any atom is 0.255 e. The van der Waals surface area contributed by atoms with Gasteiger partial charge in [-0.15, -0.1) is 0 Å². The van der Waals surface area contributed by atoms with E-state index in [4.69, 9.17) is 5.14 Å². The number of hydrogen-bond donors (Lipinski definition) is 2. The van der Waals surface area contributed by atoms with Crippen molar-refractivity contribution in [2.75, 3.05) is 5.32 Å². The fraction of sp³-hybridized carbons (Fsp3) is 0.133.